The van der Waals surface area contributed by atoms with E-state index in [4.69, 9.17) is 16.3 Å². The number of aromatic nitrogens is 4. The highest BCUT2D eigenvalue weighted by Gasteiger charge is 2.21. The maximum absolute atomic E-state index is 6.10. The second kappa shape index (κ2) is 7.24. The zero-order valence-electron chi connectivity index (χ0n) is 12.9. The number of nitrogens with zero attached hydrogens (tertiary/aromatic N) is 4. The first-order valence-electron chi connectivity index (χ1n) is 7.92. The van der Waals surface area contributed by atoms with Crippen molar-refractivity contribution in [1.29, 1.82) is 0 Å². The lowest BCUT2D eigenvalue weighted by molar-refractivity contribution is 0.194. The quantitative estimate of drug-likeness (QED) is 0.624. The van der Waals surface area contributed by atoms with Gasteiger partial charge in [-0.05, 0) is 37.3 Å². The zero-order chi connectivity index (χ0) is 15.4. The molecule has 22 heavy (non-hydrogen) atoms. The third kappa shape index (κ3) is 3.33. The fourth-order valence-electron chi connectivity index (χ4n) is 3.04. The van der Waals surface area contributed by atoms with Crippen LogP contribution in [0.5, 0.6) is 0 Å². The molecule has 0 spiro atoms. The molecule has 7 heteroatoms. The van der Waals surface area contributed by atoms with E-state index in [1.807, 2.05) is 6.33 Å². The van der Waals surface area contributed by atoms with Crippen LogP contribution in [-0.4, -0.2) is 39.8 Å². The van der Waals surface area contributed by atoms with E-state index >= 15 is 0 Å². The van der Waals surface area contributed by atoms with Crippen LogP contribution >= 0.6 is 11.6 Å². The number of methoxy groups -OCH3 is 1. The summed E-state index contributed by atoms with van der Waals surface area (Å²) in [5.41, 5.74) is 1.65. The van der Waals surface area contributed by atoms with Gasteiger partial charge in [0.05, 0.1) is 6.33 Å². The fourth-order valence-corrected chi connectivity index (χ4v) is 3.21. The molecule has 1 N–H and O–H groups in total. The summed E-state index contributed by atoms with van der Waals surface area (Å²) in [6.45, 7) is 1.60. The summed E-state index contributed by atoms with van der Waals surface area (Å²) in [4.78, 5) is 13.2. The summed E-state index contributed by atoms with van der Waals surface area (Å²) in [5, 5.41) is 3.59. The Labute approximate surface area is 135 Å². The molecule has 0 aromatic carbocycles. The van der Waals surface area contributed by atoms with Gasteiger partial charge in [0.1, 0.15) is 0 Å². The number of ether oxygens (including phenoxy) is 1. The molecule has 0 amide bonds. The molecule has 3 rings (SSSR count). The van der Waals surface area contributed by atoms with Crippen LogP contribution < -0.4 is 5.32 Å². The molecule has 0 bridgehead atoms. The molecule has 1 aliphatic rings. The Balaban J connectivity index is 1.78. The molecule has 6 nitrogen and oxygen atoms in total. The van der Waals surface area contributed by atoms with Gasteiger partial charge in [-0.3, -0.25) is 0 Å². The van der Waals surface area contributed by atoms with E-state index in [0.29, 0.717) is 6.04 Å². The minimum absolute atomic E-state index is 0.270. The van der Waals surface area contributed by atoms with Crippen molar-refractivity contribution >= 4 is 28.6 Å². The highest BCUT2D eigenvalue weighted by molar-refractivity contribution is 6.28. The third-order valence-corrected chi connectivity index (χ3v) is 4.35. The molecule has 120 valence electrons. The van der Waals surface area contributed by atoms with Crippen molar-refractivity contribution in [2.75, 3.05) is 25.6 Å². The van der Waals surface area contributed by atoms with Crippen LogP contribution in [0.25, 0.3) is 11.2 Å². The molecule has 2 heterocycles. The number of anilines is 1. The van der Waals surface area contributed by atoms with E-state index in [1.54, 1.807) is 7.11 Å². The van der Waals surface area contributed by atoms with Crippen LogP contribution in [-0.2, 0) is 4.74 Å². The number of hydrogen-bond acceptors (Lipinski definition) is 5. The monoisotopic (exact) mass is 323 g/mol. The molecule has 2 aromatic heterocycles. The van der Waals surface area contributed by atoms with Gasteiger partial charge in [-0.1, -0.05) is 12.8 Å². The highest BCUT2D eigenvalue weighted by atomic mass is 35.5. The molecule has 0 aliphatic heterocycles. The summed E-state index contributed by atoms with van der Waals surface area (Å²) >= 11 is 6.10. The van der Waals surface area contributed by atoms with Gasteiger partial charge in [0.25, 0.3) is 0 Å². The number of rotatable bonds is 7. The first kappa shape index (κ1) is 15.5. The average molecular weight is 324 g/mol. The van der Waals surface area contributed by atoms with E-state index in [-0.39, 0.29) is 5.28 Å². The van der Waals surface area contributed by atoms with Crippen molar-refractivity contribution in [1.82, 2.24) is 19.5 Å². The fraction of sp³-hybridized carbons (Fsp3) is 0.667. The number of halogens is 1. The van der Waals surface area contributed by atoms with Gasteiger partial charge in [0, 0.05) is 26.3 Å². The van der Waals surface area contributed by atoms with Crippen LogP contribution in [0, 0.1) is 0 Å². The second-order valence-electron chi connectivity index (χ2n) is 5.73. The van der Waals surface area contributed by atoms with Crippen LogP contribution in [0.2, 0.25) is 5.28 Å². The minimum atomic E-state index is 0.270. The minimum Gasteiger partial charge on any atom is -0.385 e. The van der Waals surface area contributed by atoms with Gasteiger partial charge in [-0.2, -0.15) is 9.97 Å². The Hall–Kier alpha value is -1.40. The van der Waals surface area contributed by atoms with Gasteiger partial charge in [0.15, 0.2) is 17.0 Å². The van der Waals surface area contributed by atoms with Crippen molar-refractivity contribution in [2.45, 2.75) is 44.6 Å². The first-order chi connectivity index (χ1) is 10.8. The number of unbranched alkanes of at least 4 members (excludes halogenated alkanes) is 1. The van der Waals surface area contributed by atoms with E-state index in [1.165, 1.54) is 25.7 Å². The van der Waals surface area contributed by atoms with Crippen molar-refractivity contribution < 1.29 is 4.74 Å². The standard InChI is InChI=1S/C15H22ClN5O/c1-22-9-5-4-8-17-13-12-14(20-15(16)19-13)21(10-18-12)11-6-2-3-7-11/h10-11H,2-9H2,1H3,(H,17,19,20). The molecule has 2 aromatic rings. The van der Waals surface area contributed by atoms with E-state index < -0.39 is 0 Å². The second-order valence-corrected chi connectivity index (χ2v) is 6.07. The van der Waals surface area contributed by atoms with E-state index in [9.17, 15) is 0 Å². The number of fused-ring (bicyclic) bond motifs is 1. The van der Waals surface area contributed by atoms with Gasteiger partial charge < -0.3 is 14.6 Å². The van der Waals surface area contributed by atoms with E-state index in [0.717, 1.165) is 43.0 Å². The Morgan fingerprint density at radius 2 is 2.14 bits per heavy atom. The predicted octanol–water partition coefficient (Wildman–Crippen LogP) is 3.43. The van der Waals surface area contributed by atoms with Gasteiger partial charge in [0.2, 0.25) is 5.28 Å². The molecule has 1 aliphatic carbocycles. The van der Waals surface area contributed by atoms with Crippen molar-refractivity contribution in [3.8, 4) is 0 Å². The highest BCUT2D eigenvalue weighted by Crippen LogP contribution is 2.32. The maximum atomic E-state index is 6.10. The molecule has 1 fully saturated rings. The van der Waals surface area contributed by atoms with Gasteiger partial charge in [-0.25, -0.2) is 4.98 Å². The molecule has 0 saturated heterocycles. The molecule has 0 unspecified atom stereocenters. The Morgan fingerprint density at radius 3 is 2.91 bits per heavy atom. The lowest BCUT2D eigenvalue weighted by Gasteiger charge is -2.12. The Kier molecular flexibility index (Phi) is 5.10. The SMILES string of the molecule is COCCCCNc1nc(Cl)nc2c1ncn2C1CCCC1. The summed E-state index contributed by atoms with van der Waals surface area (Å²) < 4.78 is 7.21. The molecular weight excluding hydrogens is 302 g/mol. The molecule has 0 atom stereocenters. The molecule has 0 radical (unpaired) electrons. The molecule has 1 saturated carbocycles. The van der Waals surface area contributed by atoms with Crippen LogP contribution in [0.1, 0.15) is 44.6 Å². The number of nitrogens with one attached hydrogen (secondary N) is 1. The maximum Gasteiger partial charge on any atom is 0.226 e. The van der Waals surface area contributed by atoms with Crippen LogP contribution in [0.3, 0.4) is 0 Å². The molecular formula is C15H22ClN5O. The first-order valence-corrected chi connectivity index (χ1v) is 8.30. The summed E-state index contributed by atoms with van der Waals surface area (Å²) in [6, 6.07) is 0.491. The zero-order valence-corrected chi connectivity index (χ0v) is 13.6. The van der Waals surface area contributed by atoms with Crippen LogP contribution in [0.15, 0.2) is 6.33 Å². The normalized spacial score (nSPS) is 15.7. The number of hydrogen-bond donors (Lipinski definition) is 1. The van der Waals surface area contributed by atoms with E-state index in [2.05, 4.69) is 24.8 Å². The Bertz CT molecular complexity index is 624. The van der Waals surface area contributed by atoms with Crippen molar-refractivity contribution in [3.63, 3.8) is 0 Å². The Morgan fingerprint density at radius 1 is 1.32 bits per heavy atom. The lowest BCUT2D eigenvalue weighted by atomic mass is 10.2. The smallest absolute Gasteiger partial charge is 0.226 e. The van der Waals surface area contributed by atoms with Gasteiger partial charge in [-0.15, -0.1) is 0 Å². The largest absolute Gasteiger partial charge is 0.385 e. The number of imidazole rings is 1. The van der Waals surface area contributed by atoms with Crippen molar-refractivity contribution in [2.24, 2.45) is 0 Å². The summed E-state index contributed by atoms with van der Waals surface area (Å²) in [6.07, 6.45) is 8.82. The van der Waals surface area contributed by atoms with Crippen molar-refractivity contribution in [3.05, 3.63) is 11.6 Å². The third-order valence-electron chi connectivity index (χ3n) is 4.18. The summed E-state index contributed by atoms with van der Waals surface area (Å²) in [5.74, 6) is 0.726. The van der Waals surface area contributed by atoms with Crippen LogP contribution in [0.4, 0.5) is 5.82 Å². The topological polar surface area (TPSA) is 64.9 Å². The lowest BCUT2D eigenvalue weighted by Crippen LogP contribution is -2.08. The van der Waals surface area contributed by atoms with Gasteiger partial charge >= 0.3 is 0 Å². The summed E-state index contributed by atoms with van der Waals surface area (Å²) in [7, 11) is 1.72. The average Bonchev–Trinajstić information content (AvgIpc) is 3.15. The predicted molar refractivity (Wildman–Crippen MR) is 87.4 cm³/mol.